The van der Waals surface area contributed by atoms with Crippen LogP contribution in [0.4, 0.5) is 5.69 Å². The molecule has 0 spiro atoms. The molecule has 4 heteroatoms. The topological polar surface area (TPSA) is 67.2 Å². The lowest BCUT2D eigenvalue weighted by Crippen LogP contribution is -2.28. The number of amides is 1. The minimum Gasteiger partial charge on any atom is -0.399 e. The lowest BCUT2D eigenvalue weighted by Gasteiger charge is -2.16. The molecule has 4 nitrogen and oxygen atoms in total. The molecule has 2 aliphatic heterocycles. The van der Waals surface area contributed by atoms with Crippen LogP contribution in [0.15, 0.2) is 18.2 Å². The standard InChI is InChI=1S/C12H15N3O/c13-8-1-2-9-10(3-8)12(16)15-5-7-4-14-6-11(7)9/h1-3,7,11,14H,4-6,13H2,(H,15,16)/t7-,11+/m0/s1. The Labute approximate surface area is 94.2 Å². The molecule has 0 radical (unpaired) electrons. The van der Waals surface area contributed by atoms with E-state index in [0.29, 0.717) is 17.5 Å². The van der Waals surface area contributed by atoms with E-state index in [1.807, 2.05) is 12.1 Å². The first-order valence-electron chi connectivity index (χ1n) is 5.64. The van der Waals surface area contributed by atoms with Crippen molar-refractivity contribution in [1.82, 2.24) is 10.6 Å². The van der Waals surface area contributed by atoms with Gasteiger partial charge >= 0.3 is 0 Å². The summed E-state index contributed by atoms with van der Waals surface area (Å²) in [6, 6.07) is 5.67. The minimum atomic E-state index is 0.0108. The summed E-state index contributed by atoms with van der Waals surface area (Å²) >= 11 is 0. The highest BCUT2D eigenvalue weighted by Gasteiger charge is 2.33. The molecule has 1 amide bonds. The zero-order valence-corrected chi connectivity index (χ0v) is 8.99. The SMILES string of the molecule is Nc1ccc2c(c1)C(=O)NC[C@@H]1CNC[C@@H]21. The van der Waals surface area contributed by atoms with Crippen LogP contribution in [0.2, 0.25) is 0 Å². The molecule has 2 heterocycles. The number of carbonyl (C=O) groups excluding carboxylic acids is 1. The number of rotatable bonds is 0. The lowest BCUT2D eigenvalue weighted by atomic mass is 9.87. The van der Waals surface area contributed by atoms with Crippen LogP contribution in [-0.2, 0) is 0 Å². The third kappa shape index (κ3) is 1.38. The van der Waals surface area contributed by atoms with Gasteiger partial charge in [0.25, 0.3) is 5.91 Å². The fourth-order valence-electron chi connectivity index (χ4n) is 2.72. The smallest absolute Gasteiger partial charge is 0.251 e. The van der Waals surface area contributed by atoms with Gasteiger partial charge in [-0.3, -0.25) is 4.79 Å². The number of nitrogen functional groups attached to an aromatic ring is 1. The highest BCUT2D eigenvalue weighted by molar-refractivity contribution is 5.97. The van der Waals surface area contributed by atoms with Crippen molar-refractivity contribution in [1.29, 1.82) is 0 Å². The normalized spacial score (nSPS) is 27.9. The number of hydrogen-bond donors (Lipinski definition) is 3. The second-order valence-electron chi connectivity index (χ2n) is 4.58. The van der Waals surface area contributed by atoms with Crippen molar-refractivity contribution >= 4 is 11.6 Å². The maximum atomic E-state index is 11.9. The molecule has 4 N–H and O–H groups in total. The molecule has 84 valence electrons. The maximum absolute atomic E-state index is 11.9. The van der Waals surface area contributed by atoms with Gasteiger partial charge in [0.2, 0.25) is 0 Å². The van der Waals surface area contributed by atoms with Crippen molar-refractivity contribution in [3.8, 4) is 0 Å². The average molecular weight is 217 g/mol. The van der Waals surface area contributed by atoms with Gasteiger partial charge in [-0.25, -0.2) is 0 Å². The van der Waals surface area contributed by atoms with Crippen molar-refractivity contribution in [2.75, 3.05) is 25.4 Å². The van der Waals surface area contributed by atoms with Gasteiger partial charge < -0.3 is 16.4 Å². The summed E-state index contributed by atoms with van der Waals surface area (Å²) in [6.07, 6.45) is 0. The zero-order valence-electron chi connectivity index (χ0n) is 8.99. The first-order valence-corrected chi connectivity index (χ1v) is 5.64. The fourth-order valence-corrected chi connectivity index (χ4v) is 2.72. The first-order chi connectivity index (χ1) is 7.75. The van der Waals surface area contributed by atoms with Gasteiger partial charge in [0.15, 0.2) is 0 Å². The van der Waals surface area contributed by atoms with Crippen molar-refractivity contribution < 1.29 is 4.79 Å². The Balaban J connectivity index is 2.12. The molecule has 1 aromatic carbocycles. The summed E-state index contributed by atoms with van der Waals surface area (Å²) in [5, 5.41) is 6.34. The van der Waals surface area contributed by atoms with E-state index in [-0.39, 0.29) is 5.91 Å². The molecule has 0 saturated carbocycles. The Bertz CT molecular complexity index is 444. The van der Waals surface area contributed by atoms with Gasteiger partial charge in [-0.1, -0.05) is 6.07 Å². The maximum Gasteiger partial charge on any atom is 0.251 e. The van der Waals surface area contributed by atoms with Crippen molar-refractivity contribution in [2.24, 2.45) is 5.92 Å². The number of nitrogens with two attached hydrogens (primary N) is 1. The van der Waals surface area contributed by atoms with Crippen LogP contribution in [0.1, 0.15) is 21.8 Å². The molecule has 16 heavy (non-hydrogen) atoms. The zero-order chi connectivity index (χ0) is 11.1. The Kier molecular flexibility index (Phi) is 2.11. The van der Waals surface area contributed by atoms with E-state index < -0.39 is 0 Å². The highest BCUT2D eigenvalue weighted by atomic mass is 16.1. The summed E-state index contributed by atoms with van der Waals surface area (Å²) in [6.45, 7) is 2.69. The molecule has 1 saturated heterocycles. The molecular formula is C12H15N3O. The molecule has 0 aromatic heterocycles. The third-order valence-corrected chi connectivity index (χ3v) is 3.59. The number of hydrogen-bond acceptors (Lipinski definition) is 3. The van der Waals surface area contributed by atoms with Crippen LogP contribution in [-0.4, -0.2) is 25.5 Å². The molecule has 0 unspecified atom stereocenters. The predicted molar refractivity (Wildman–Crippen MR) is 62.3 cm³/mol. The summed E-state index contributed by atoms with van der Waals surface area (Å²) in [5.41, 5.74) is 8.27. The Morgan fingerprint density at radius 3 is 3.00 bits per heavy atom. The van der Waals surface area contributed by atoms with Crippen molar-refractivity contribution in [3.63, 3.8) is 0 Å². The average Bonchev–Trinajstić information content (AvgIpc) is 2.69. The van der Waals surface area contributed by atoms with E-state index in [2.05, 4.69) is 10.6 Å². The molecule has 0 aliphatic carbocycles. The third-order valence-electron chi connectivity index (χ3n) is 3.59. The highest BCUT2D eigenvalue weighted by Crippen LogP contribution is 2.33. The van der Waals surface area contributed by atoms with Gasteiger partial charge in [0, 0.05) is 36.8 Å². The first kappa shape index (κ1) is 9.66. The minimum absolute atomic E-state index is 0.0108. The van der Waals surface area contributed by atoms with Crippen LogP contribution in [0.5, 0.6) is 0 Å². The van der Waals surface area contributed by atoms with Crippen LogP contribution in [0, 0.1) is 5.92 Å². The molecule has 2 atom stereocenters. The van der Waals surface area contributed by atoms with Crippen LogP contribution in [0.25, 0.3) is 0 Å². The summed E-state index contributed by atoms with van der Waals surface area (Å²) in [7, 11) is 0. The number of fused-ring (bicyclic) bond motifs is 3. The monoisotopic (exact) mass is 217 g/mol. The van der Waals surface area contributed by atoms with Crippen LogP contribution >= 0.6 is 0 Å². The molecule has 1 aromatic rings. The summed E-state index contributed by atoms with van der Waals surface area (Å²) in [4.78, 5) is 11.9. The number of anilines is 1. The molecule has 0 bridgehead atoms. The Morgan fingerprint density at radius 2 is 2.12 bits per heavy atom. The number of carbonyl (C=O) groups is 1. The predicted octanol–water partition coefficient (Wildman–Crippen LogP) is 0.315. The van der Waals surface area contributed by atoms with Gasteiger partial charge in [-0.15, -0.1) is 0 Å². The van der Waals surface area contributed by atoms with E-state index in [4.69, 9.17) is 5.73 Å². The van der Waals surface area contributed by atoms with E-state index in [9.17, 15) is 4.79 Å². The molecule has 1 fully saturated rings. The number of nitrogens with one attached hydrogen (secondary N) is 2. The van der Waals surface area contributed by atoms with Gasteiger partial charge in [-0.05, 0) is 23.6 Å². The lowest BCUT2D eigenvalue weighted by molar-refractivity contribution is 0.0952. The molecular weight excluding hydrogens is 202 g/mol. The van der Waals surface area contributed by atoms with E-state index >= 15 is 0 Å². The fraction of sp³-hybridized carbons (Fsp3) is 0.417. The van der Waals surface area contributed by atoms with Gasteiger partial charge in [0.1, 0.15) is 0 Å². The molecule has 3 rings (SSSR count). The van der Waals surface area contributed by atoms with Gasteiger partial charge in [0.05, 0.1) is 0 Å². The summed E-state index contributed by atoms with van der Waals surface area (Å²) < 4.78 is 0. The Morgan fingerprint density at radius 1 is 1.25 bits per heavy atom. The quantitative estimate of drug-likeness (QED) is 0.548. The van der Waals surface area contributed by atoms with E-state index in [1.165, 1.54) is 0 Å². The van der Waals surface area contributed by atoms with Crippen LogP contribution in [0.3, 0.4) is 0 Å². The summed E-state index contributed by atoms with van der Waals surface area (Å²) in [5.74, 6) is 0.958. The molecule has 2 aliphatic rings. The Hall–Kier alpha value is -1.55. The number of benzene rings is 1. The van der Waals surface area contributed by atoms with E-state index in [0.717, 1.165) is 30.8 Å². The second kappa shape index (κ2) is 3.49. The van der Waals surface area contributed by atoms with Gasteiger partial charge in [-0.2, -0.15) is 0 Å². The van der Waals surface area contributed by atoms with Crippen molar-refractivity contribution in [2.45, 2.75) is 5.92 Å². The van der Waals surface area contributed by atoms with Crippen molar-refractivity contribution in [3.05, 3.63) is 29.3 Å². The van der Waals surface area contributed by atoms with Crippen LogP contribution < -0.4 is 16.4 Å². The second-order valence-corrected chi connectivity index (χ2v) is 4.58. The van der Waals surface area contributed by atoms with E-state index in [1.54, 1.807) is 6.07 Å². The largest absolute Gasteiger partial charge is 0.399 e.